The van der Waals surface area contributed by atoms with Crippen molar-refractivity contribution in [2.45, 2.75) is 13.3 Å². The van der Waals surface area contributed by atoms with Gasteiger partial charge in [0.2, 0.25) is 0 Å². The van der Waals surface area contributed by atoms with Crippen LogP contribution in [0.2, 0.25) is 0 Å². The van der Waals surface area contributed by atoms with E-state index in [1.807, 2.05) is 42.5 Å². The molecule has 0 amide bonds. The number of esters is 1. The van der Waals surface area contributed by atoms with Gasteiger partial charge >= 0.3 is 5.97 Å². The average molecular weight is 213 g/mol. The van der Waals surface area contributed by atoms with Crippen LogP contribution in [0.25, 0.3) is 10.8 Å². The third-order valence-corrected chi connectivity index (χ3v) is 2.46. The summed E-state index contributed by atoms with van der Waals surface area (Å²) in [7, 11) is 0. The second-order valence-corrected chi connectivity index (χ2v) is 3.54. The van der Waals surface area contributed by atoms with Crippen LogP contribution >= 0.6 is 0 Å². The Hall–Kier alpha value is -1.83. The Labute approximate surface area is 94.8 Å². The third-order valence-electron chi connectivity index (χ3n) is 2.46. The lowest BCUT2D eigenvalue weighted by molar-refractivity contribution is -0.139. The predicted molar refractivity (Wildman–Crippen MR) is 63.7 cm³/mol. The van der Waals surface area contributed by atoms with Gasteiger partial charge in [0, 0.05) is 0 Å². The molecule has 0 spiro atoms. The molecule has 2 aromatic carbocycles. The Bertz CT molecular complexity index is 498. The molecule has 0 aliphatic rings. The summed E-state index contributed by atoms with van der Waals surface area (Å²) in [5, 5.41) is 2.26. The Balaban J connectivity index is 2.33. The number of rotatable bonds is 3. The average Bonchev–Trinajstić information content (AvgIpc) is 2.30. The van der Waals surface area contributed by atoms with Gasteiger partial charge < -0.3 is 4.74 Å². The molecule has 0 aromatic heterocycles. The molecule has 2 aromatic rings. The lowest BCUT2D eigenvalue weighted by atomic mass is 10.0. The molecule has 0 fully saturated rings. The largest absolute Gasteiger partial charge is 0.458 e. The molecule has 0 unspecified atom stereocenters. The van der Waals surface area contributed by atoms with Gasteiger partial charge in [-0.15, -0.1) is 0 Å². The Kier molecular flexibility index (Phi) is 3.20. The lowest BCUT2D eigenvalue weighted by Gasteiger charge is -2.05. The van der Waals surface area contributed by atoms with E-state index in [1.165, 1.54) is 6.61 Å². The zero-order valence-electron chi connectivity index (χ0n) is 9.14. The minimum atomic E-state index is -0.223. The molecular formula is C14H13O2. The number of ether oxygens (including phenoxy) is 1. The molecule has 16 heavy (non-hydrogen) atoms. The Morgan fingerprint density at radius 1 is 1.19 bits per heavy atom. The van der Waals surface area contributed by atoms with Crippen molar-refractivity contribution in [2.24, 2.45) is 0 Å². The molecule has 0 saturated heterocycles. The molecule has 2 rings (SSSR count). The first-order chi connectivity index (χ1) is 7.81. The monoisotopic (exact) mass is 213 g/mol. The maximum absolute atomic E-state index is 11.4. The first-order valence-corrected chi connectivity index (χ1v) is 5.25. The standard InChI is InChI=1S/C14H13O2/c1-2-16-14(15)10-12-8-5-7-11-6-3-4-9-13(11)12/h2-9H,10H2,1H3. The van der Waals surface area contributed by atoms with Crippen molar-refractivity contribution in [3.8, 4) is 0 Å². The molecule has 0 bridgehead atoms. The van der Waals surface area contributed by atoms with Crippen molar-refractivity contribution in [3.05, 3.63) is 54.6 Å². The molecule has 0 aliphatic carbocycles. The smallest absolute Gasteiger partial charge is 0.310 e. The molecule has 0 saturated carbocycles. The van der Waals surface area contributed by atoms with Gasteiger partial charge in [-0.2, -0.15) is 0 Å². The van der Waals surface area contributed by atoms with Crippen LogP contribution in [0.1, 0.15) is 12.5 Å². The van der Waals surface area contributed by atoms with E-state index in [1.54, 1.807) is 6.92 Å². The van der Waals surface area contributed by atoms with Gasteiger partial charge in [0.25, 0.3) is 0 Å². The van der Waals surface area contributed by atoms with Crippen molar-refractivity contribution < 1.29 is 9.53 Å². The number of benzene rings is 2. The normalized spacial score (nSPS) is 10.3. The highest BCUT2D eigenvalue weighted by Crippen LogP contribution is 2.19. The highest BCUT2D eigenvalue weighted by atomic mass is 16.5. The zero-order valence-corrected chi connectivity index (χ0v) is 9.14. The van der Waals surface area contributed by atoms with Crippen LogP contribution in [0.3, 0.4) is 0 Å². The Morgan fingerprint density at radius 2 is 1.94 bits per heavy atom. The summed E-state index contributed by atoms with van der Waals surface area (Å²) in [6.07, 6.45) is 0.311. The number of fused-ring (bicyclic) bond motifs is 1. The molecule has 2 nitrogen and oxygen atoms in total. The molecule has 0 N–H and O–H groups in total. The highest BCUT2D eigenvalue weighted by molar-refractivity contribution is 5.88. The summed E-state index contributed by atoms with van der Waals surface area (Å²) in [4.78, 5) is 11.4. The predicted octanol–water partition coefficient (Wildman–Crippen LogP) is 3.11. The van der Waals surface area contributed by atoms with E-state index >= 15 is 0 Å². The van der Waals surface area contributed by atoms with E-state index in [0.717, 1.165) is 16.3 Å². The van der Waals surface area contributed by atoms with E-state index in [4.69, 9.17) is 4.74 Å². The highest BCUT2D eigenvalue weighted by Gasteiger charge is 2.06. The van der Waals surface area contributed by atoms with Gasteiger partial charge in [-0.3, -0.25) is 4.79 Å². The second kappa shape index (κ2) is 4.79. The molecular weight excluding hydrogens is 200 g/mol. The van der Waals surface area contributed by atoms with E-state index in [2.05, 4.69) is 0 Å². The van der Waals surface area contributed by atoms with Crippen molar-refractivity contribution in [3.63, 3.8) is 0 Å². The number of hydrogen-bond donors (Lipinski definition) is 0. The fourth-order valence-electron chi connectivity index (χ4n) is 1.78. The summed E-state index contributed by atoms with van der Waals surface area (Å²) < 4.78 is 4.83. The Morgan fingerprint density at radius 3 is 2.75 bits per heavy atom. The van der Waals surface area contributed by atoms with Gasteiger partial charge in [0.15, 0.2) is 0 Å². The van der Waals surface area contributed by atoms with E-state index in [9.17, 15) is 4.79 Å². The summed E-state index contributed by atoms with van der Waals surface area (Å²) in [5.41, 5.74) is 1.00. The third kappa shape index (κ3) is 2.22. The molecule has 0 aliphatic heterocycles. The summed E-state index contributed by atoms with van der Waals surface area (Å²) in [6, 6.07) is 14.0. The number of carbonyl (C=O) groups excluding carboxylic acids is 1. The topological polar surface area (TPSA) is 26.3 Å². The zero-order chi connectivity index (χ0) is 11.4. The van der Waals surface area contributed by atoms with Crippen molar-refractivity contribution >= 4 is 16.7 Å². The lowest BCUT2D eigenvalue weighted by Crippen LogP contribution is -2.05. The van der Waals surface area contributed by atoms with Crippen LogP contribution in [0.15, 0.2) is 42.5 Å². The maximum atomic E-state index is 11.4. The molecule has 81 valence electrons. The van der Waals surface area contributed by atoms with Crippen LogP contribution in [0.5, 0.6) is 0 Å². The quantitative estimate of drug-likeness (QED) is 0.732. The molecule has 1 radical (unpaired) electrons. The van der Waals surface area contributed by atoms with Crippen molar-refractivity contribution in [1.82, 2.24) is 0 Å². The van der Waals surface area contributed by atoms with Gasteiger partial charge in [-0.25, -0.2) is 0 Å². The fourth-order valence-corrected chi connectivity index (χ4v) is 1.78. The second-order valence-electron chi connectivity index (χ2n) is 3.54. The maximum Gasteiger partial charge on any atom is 0.310 e. The van der Waals surface area contributed by atoms with Crippen LogP contribution in [0.4, 0.5) is 0 Å². The van der Waals surface area contributed by atoms with Crippen LogP contribution < -0.4 is 0 Å². The first kappa shape index (κ1) is 10.7. The molecule has 0 heterocycles. The van der Waals surface area contributed by atoms with Crippen LogP contribution in [-0.2, 0) is 16.0 Å². The van der Waals surface area contributed by atoms with E-state index < -0.39 is 0 Å². The van der Waals surface area contributed by atoms with E-state index in [0.29, 0.717) is 6.42 Å². The molecule has 2 heteroatoms. The minimum Gasteiger partial charge on any atom is -0.458 e. The first-order valence-electron chi connectivity index (χ1n) is 5.25. The van der Waals surface area contributed by atoms with E-state index in [-0.39, 0.29) is 5.97 Å². The fraction of sp³-hybridized carbons (Fsp3) is 0.143. The van der Waals surface area contributed by atoms with Crippen LogP contribution in [-0.4, -0.2) is 5.97 Å². The van der Waals surface area contributed by atoms with Crippen molar-refractivity contribution in [2.75, 3.05) is 0 Å². The van der Waals surface area contributed by atoms with Gasteiger partial charge in [-0.05, 0) is 23.3 Å². The summed E-state index contributed by atoms with van der Waals surface area (Å²) >= 11 is 0. The molecule has 0 atom stereocenters. The number of carbonyl (C=O) groups is 1. The van der Waals surface area contributed by atoms with Crippen molar-refractivity contribution in [1.29, 1.82) is 0 Å². The van der Waals surface area contributed by atoms with Crippen LogP contribution in [0, 0.1) is 6.61 Å². The minimum absolute atomic E-state index is 0.223. The van der Waals surface area contributed by atoms with Gasteiger partial charge in [0.1, 0.15) is 6.61 Å². The summed E-state index contributed by atoms with van der Waals surface area (Å²) in [6.45, 7) is 3.11. The van der Waals surface area contributed by atoms with Gasteiger partial charge in [0.05, 0.1) is 6.42 Å². The van der Waals surface area contributed by atoms with Gasteiger partial charge in [-0.1, -0.05) is 42.5 Å². The number of hydrogen-bond acceptors (Lipinski definition) is 2. The summed E-state index contributed by atoms with van der Waals surface area (Å²) in [5.74, 6) is -0.223. The SMILES string of the molecule is C[CH]OC(=O)Cc1cccc2ccccc12.